The lowest BCUT2D eigenvalue weighted by Gasteiger charge is -2.22. The molecule has 0 N–H and O–H groups in total. The second kappa shape index (κ2) is 4.78. The summed E-state index contributed by atoms with van der Waals surface area (Å²) in [7, 11) is -3.02. The normalized spacial score (nSPS) is 24.3. The summed E-state index contributed by atoms with van der Waals surface area (Å²) in [6.07, 6.45) is 2.97. The number of aromatic nitrogens is 2. The van der Waals surface area contributed by atoms with Gasteiger partial charge in [-0.3, -0.25) is 9.48 Å². The Balaban J connectivity index is 2.06. The number of aldehydes is 1. The molecule has 1 fully saturated rings. The number of thiophene rings is 1. The Hall–Kier alpha value is -1.47. The van der Waals surface area contributed by atoms with Gasteiger partial charge in [0.25, 0.3) is 0 Å². The van der Waals surface area contributed by atoms with E-state index in [2.05, 4.69) is 5.10 Å². The number of nitrogens with zero attached hydrogens (tertiary/aromatic N) is 2. The first-order chi connectivity index (χ1) is 9.83. The van der Waals surface area contributed by atoms with Crippen molar-refractivity contribution in [3.8, 4) is 10.6 Å². The van der Waals surface area contributed by atoms with Crippen LogP contribution in [0.5, 0.6) is 0 Å². The molecule has 1 aliphatic heterocycles. The maximum absolute atomic E-state index is 11.7. The van der Waals surface area contributed by atoms with E-state index in [0.29, 0.717) is 17.7 Å². The van der Waals surface area contributed by atoms with Gasteiger partial charge < -0.3 is 0 Å². The Labute approximate surface area is 127 Å². The highest BCUT2D eigenvalue weighted by Gasteiger charge is 2.41. The molecule has 0 amide bonds. The fourth-order valence-corrected chi connectivity index (χ4v) is 5.67. The Morgan fingerprint density at radius 2 is 2.19 bits per heavy atom. The van der Waals surface area contributed by atoms with Crippen LogP contribution >= 0.6 is 11.3 Å². The standard InChI is InChI=1S/C14H16N2O3S2/c1-10-3-4-12(20-10)13-11(8-17)7-16(15-13)14(2)5-6-21(18,19)9-14/h3-4,7-8H,5-6,9H2,1-2H3. The molecule has 2 aromatic heterocycles. The van der Waals surface area contributed by atoms with Crippen LogP contribution in [0.15, 0.2) is 18.3 Å². The third-order valence-corrected chi connectivity index (χ3v) is 6.77. The van der Waals surface area contributed by atoms with Crippen molar-refractivity contribution in [3.05, 3.63) is 28.8 Å². The van der Waals surface area contributed by atoms with E-state index in [1.807, 2.05) is 26.0 Å². The van der Waals surface area contributed by atoms with E-state index < -0.39 is 15.4 Å². The van der Waals surface area contributed by atoms with Crippen LogP contribution in [-0.2, 0) is 15.4 Å². The lowest BCUT2D eigenvalue weighted by atomic mass is 10.0. The summed E-state index contributed by atoms with van der Waals surface area (Å²) in [6, 6.07) is 3.92. The molecule has 7 heteroatoms. The van der Waals surface area contributed by atoms with E-state index in [9.17, 15) is 13.2 Å². The van der Waals surface area contributed by atoms with E-state index in [-0.39, 0.29) is 11.5 Å². The molecule has 112 valence electrons. The Morgan fingerprint density at radius 3 is 2.71 bits per heavy atom. The number of hydrogen-bond donors (Lipinski definition) is 0. The van der Waals surface area contributed by atoms with Gasteiger partial charge in [-0.15, -0.1) is 11.3 Å². The van der Waals surface area contributed by atoms with Crippen molar-refractivity contribution < 1.29 is 13.2 Å². The van der Waals surface area contributed by atoms with Crippen molar-refractivity contribution in [1.29, 1.82) is 0 Å². The quantitative estimate of drug-likeness (QED) is 0.812. The van der Waals surface area contributed by atoms with Gasteiger partial charge in [-0.25, -0.2) is 8.42 Å². The van der Waals surface area contributed by atoms with Crippen LogP contribution in [0.2, 0.25) is 0 Å². The first kappa shape index (κ1) is 14.5. The molecule has 1 saturated heterocycles. The van der Waals surface area contributed by atoms with Crippen molar-refractivity contribution in [2.24, 2.45) is 0 Å². The maximum atomic E-state index is 11.7. The average Bonchev–Trinajstić information content (AvgIpc) is 3.07. The molecule has 0 aromatic carbocycles. The number of aryl methyl sites for hydroxylation is 1. The highest BCUT2D eigenvalue weighted by Crippen LogP contribution is 2.34. The monoisotopic (exact) mass is 324 g/mol. The summed E-state index contributed by atoms with van der Waals surface area (Å²) in [4.78, 5) is 13.4. The van der Waals surface area contributed by atoms with E-state index in [0.717, 1.165) is 16.0 Å². The second-order valence-electron chi connectivity index (χ2n) is 5.74. The maximum Gasteiger partial charge on any atom is 0.153 e. The second-order valence-corrected chi connectivity index (χ2v) is 9.22. The molecule has 3 rings (SSSR count). The number of carbonyl (C=O) groups is 1. The van der Waals surface area contributed by atoms with Crippen LogP contribution in [0.25, 0.3) is 10.6 Å². The number of hydrogen-bond acceptors (Lipinski definition) is 5. The van der Waals surface area contributed by atoms with Crippen molar-refractivity contribution in [3.63, 3.8) is 0 Å². The molecule has 1 aliphatic rings. The molecule has 3 heterocycles. The van der Waals surface area contributed by atoms with Gasteiger partial charge in [-0.1, -0.05) is 0 Å². The predicted molar refractivity (Wildman–Crippen MR) is 82.6 cm³/mol. The highest BCUT2D eigenvalue weighted by atomic mass is 32.2. The third kappa shape index (κ3) is 2.55. The molecule has 2 aromatic rings. The van der Waals surface area contributed by atoms with Crippen LogP contribution in [-0.4, -0.2) is 36.0 Å². The van der Waals surface area contributed by atoms with E-state index in [1.165, 1.54) is 0 Å². The summed E-state index contributed by atoms with van der Waals surface area (Å²) in [5, 5.41) is 4.52. The van der Waals surface area contributed by atoms with Crippen LogP contribution < -0.4 is 0 Å². The third-order valence-electron chi connectivity index (χ3n) is 3.88. The molecular weight excluding hydrogens is 308 g/mol. The van der Waals surface area contributed by atoms with Gasteiger partial charge in [-0.2, -0.15) is 5.10 Å². The van der Waals surface area contributed by atoms with Gasteiger partial charge >= 0.3 is 0 Å². The summed E-state index contributed by atoms with van der Waals surface area (Å²) >= 11 is 1.57. The molecule has 1 atom stereocenters. The van der Waals surface area contributed by atoms with Crippen molar-refractivity contribution in [2.45, 2.75) is 25.8 Å². The van der Waals surface area contributed by atoms with Crippen LogP contribution in [0.3, 0.4) is 0 Å². The summed E-state index contributed by atoms with van der Waals surface area (Å²) in [5.41, 5.74) is 0.567. The fraction of sp³-hybridized carbons (Fsp3) is 0.429. The molecular formula is C14H16N2O3S2. The zero-order valence-corrected chi connectivity index (χ0v) is 13.5. The molecule has 21 heavy (non-hydrogen) atoms. The molecule has 1 unspecified atom stereocenters. The minimum Gasteiger partial charge on any atom is -0.298 e. The largest absolute Gasteiger partial charge is 0.298 e. The number of rotatable bonds is 3. The zero-order valence-electron chi connectivity index (χ0n) is 11.9. The molecule has 0 radical (unpaired) electrons. The van der Waals surface area contributed by atoms with Gasteiger partial charge in [-0.05, 0) is 32.4 Å². The summed E-state index contributed by atoms with van der Waals surface area (Å²) in [6.45, 7) is 3.87. The van der Waals surface area contributed by atoms with Gasteiger partial charge in [0, 0.05) is 11.1 Å². The smallest absolute Gasteiger partial charge is 0.153 e. The zero-order chi connectivity index (χ0) is 15.3. The van der Waals surface area contributed by atoms with Gasteiger partial charge in [0.15, 0.2) is 16.1 Å². The topological polar surface area (TPSA) is 69.0 Å². The molecule has 0 aliphatic carbocycles. The predicted octanol–water partition coefficient (Wildman–Crippen LogP) is 2.27. The molecule has 0 saturated carbocycles. The SMILES string of the molecule is Cc1ccc(-c2nn(C3(C)CCS(=O)(=O)C3)cc2C=O)s1. The minimum atomic E-state index is -3.02. The lowest BCUT2D eigenvalue weighted by molar-refractivity contribution is 0.112. The van der Waals surface area contributed by atoms with E-state index >= 15 is 0 Å². The van der Waals surface area contributed by atoms with Crippen LogP contribution in [0.1, 0.15) is 28.6 Å². The fourth-order valence-electron chi connectivity index (χ4n) is 2.68. The number of carbonyl (C=O) groups excluding carboxylic acids is 1. The highest BCUT2D eigenvalue weighted by molar-refractivity contribution is 7.91. The first-order valence-electron chi connectivity index (χ1n) is 6.66. The summed E-state index contributed by atoms with van der Waals surface area (Å²) in [5.74, 6) is 0.246. The minimum absolute atomic E-state index is 0.0723. The Morgan fingerprint density at radius 1 is 1.43 bits per heavy atom. The summed E-state index contributed by atoms with van der Waals surface area (Å²) < 4.78 is 25.1. The lowest BCUT2D eigenvalue weighted by Crippen LogP contribution is -2.31. The molecule has 0 bridgehead atoms. The molecule has 0 spiro atoms. The van der Waals surface area contributed by atoms with Crippen LogP contribution in [0, 0.1) is 6.92 Å². The van der Waals surface area contributed by atoms with Gasteiger partial charge in [0.05, 0.1) is 27.5 Å². The van der Waals surface area contributed by atoms with E-state index in [1.54, 1.807) is 22.2 Å². The Kier molecular flexibility index (Phi) is 3.29. The number of sulfone groups is 1. The van der Waals surface area contributed by atoms with Gasteiger partial charge in [0.1, 0.15) is 5.69 Å². The average molecular weight is 324 g/mol. The molecule has 5 nitrogen and oxygen atoms in total. The first-order valence-corrected chi connectivity index (χ1v) is 9.29. The van der Waals surface area contributed by atoms with Crippen molar-refractivity contribution in [1.82, 2.24) is 9.78 Å². The van der Waals surface area contributed by atoms with Crippen LogP contribution in [0.4, 0.5) is 0 Å². The van der Waals surface area contributed by atoms with Gasteiger partial charge in [0.2, 0.25) is 0 Å². The van der Waals surface area contributed by atoms with E-state index in [4.69, 9.17) is 0 Å². The Bertz CT molecular complexity index is 804. The van der Waals surface area contributed by atoms with Crippen molar-refractivity contribution in [2.75, 3.05) is 11.5 Å². The van der Waals surface area contributed by atoms with Crippen molar-refractivity contribution >= 4 is 27.5 Å².